The van der Waals surface area contributed by atoms with Crippen LogP contribution in [0.1, 0.15) is 57.4 Å². The number of hydrogen-bond acceptors (Lipinski definition) is 6. The van der Waals surface area contributed by atoms with Gasteiger partial charge in [-0.25, -0.2) is 4.79 Å². The maximum Gasteiger partial charge on any atom is 0.411 e. The van der Waals surface area contributed by atoms with Gasteiger partial charge in [0.15, 0.2) is 0 Å². The molecule has 2 amide bonds. The van der Waals surface area contributed by atoms with Crippen molar-refractivity contribution in [1.82, 2.24) is 4.90 Å². The summed E-state index contributed by atoms with van der Waals surface area (Å²) >= 11 is 0. The second-order valence-corrected chi connectivity index (χ2v) is 9.96. The molecule has 3 N–H and O–H groups in total. The largest absolute Gasteiger partial charge is 0.485 e. The van der Waals surface area contributed by atoms with Crippen LogP contribution in [0.2, 0.25) is 0 Å². The van der Waals surface area contributed by atoms with Crippen LogP contribution in [-0.4, -0.2) is 45.4 Å². The van der Waals surface area contributed by atoms with Crippen LogP contribution < -0.4 is 10.5 Å². The first-order valence-electron chi connectivity index (χ1n) is 11.1. The van der Waals surface area contributed by atoms with Gasteiger partial charge in [0.1, 0.15) is 29.1 Å². The first-order chi connectivity index (χ1) is 15.8. The molecule has 0 aromatic heterocycles. The topological polar surface area (TPSA) is 126 Å². The standard InChI is InChI=1S/C26H31N3O5/c1-25(2,3)34-24(32)29(19(23(28)31)14-16-9-7-6-8-10-16)21-18-13-17(15-27)11-12-20(18)33-26(4,5)22(21)30/h6-13,19,21-22,30H,14H2,1-5H3,(H2,28,31)/t19?,21-,22+/m0/s1. The van der Waals surface area contributed by atoms with E-state index in [4.69, 9.17) is 15.2 Å². The predicted octanol–water partition coefficient (Wildman–Crippen LogP) is 3.46. The van der Waals surface area contributed by atoms with E-state index in [0.717, 1.165) is 5.56 Å². The Morgan fingerprint density at radius 3 is 2.44 bits per heavy atom. The number of benzene rings is 2. The average molecular weight is 466 g/mol. The van der Waals surface area contributed by atoms with E-state index in [-0.39, 0.29) is 6.42 Å². The highest BCUT2D eigenvalue weighted by Gasteiger charge is 2.50. The highest BCUT2D eigenvalue weighted by Crippen LogP contribution is 2.44. The van der Waals surface area contributed by atoms with Crippen LogP contribution >= 0.6 is 0 Å². The molecule has 0 aliphatic carbocycles. The first kappa shape index (κ1) is 25.1. The van der Waals surface area contributed by atoms with Gasteiger partial charge in [-0.15, -0.1) is 0 Å². The molecule has 3 atom stereocenters. The fraction of sp³-hybridized carbons (Fsp3) is 0.423. The maximum absolute atomic E-state index is 13.6. The molecule has 1 heterocycles. The maximum atomic E-state index is 13.6. The normalized spacial score (nSPS) is 19.7. The summed E-state index contributed by atoms with van der Waals surface area (Å²) in [6, 6.07) is 13.8. The van der Waals surface area contributed by atoms with Gasteiger partial charge in [0.2, 0.25) is 5.91 Å². The summed E-state index contributed by atoms with van der Waals surface area (Å²) in [6.45, 7) is 8.52. The zero-order chi connectivity index (χ0) is 25.3. The SMILES string of the molecule is CC(C)(C)OC(=O)N(C(Cc1ccccc1)C(N)=O)[C@H]1c2cc(C#N)ccc2OC(C)(C)[C@@H]1O. The number of ether oxygens (including phenoxy) is 2. The Hall–Kier alpha value is -3.57. The first-order valence-corrected chi connectivity index (χ1v) is 11.1. The third-order valence-corrected chi connectivity index (χ3v) is 5.68. The van der Waals surface area contributed by atoms with Crippen molar-refractivity contribution in [3.63, 3.8) is 0 Å². The monoisotopic (exact) mass is 465 g/mol. The number of nitrogens with zero attached hydrogens (tertiary/aromatic N) is 2. The van der Waals surface area contributed by atoms with Crippen molar-refractivity contribution in [2.75, 3.05) is 0 Å². The number of fused-ring (bicyclic) bond motifs is 1. The van der Waals surface area contributed by atoms with Crippen molar-refractivity contribution >= 4 is 12.0 Å². The van der Waals surface area contributed by atoms with E-state index in [1.165, 1.54) is 4.90 Å². The molecular formula is C26H31N3O5. The molecule has 8 nitrogen and oxygen atoms in total. The zero-order valence-electron chi connectivity index (χ0n) is 20.1. The number of primary amides is 1. The van der Waals surface area contributed by atoms with Gasteiger partial charge in [-0.2, -0.15) is 5.26 Å². The molecule has 34 heavy (non-hydrogen) atoms. The van der Waals surface area contributed by atoms with Gasteiger partial charge < -0.3 is 20.3 Å². The van der Waals surface area contributed by atoms with E-state index in [0.29, 0.717) is 16.9 Å². The Kier molecular flexibility index (Phi) is 6.89. The van der Waals surface area contributed by atoms with E-state index in [1.54, 1.807) is 52.8 Å². The summed E-state index contributed by atoms with van der Waals surface area (Å²) in [7, 11) is 0. The molecule has 1 unspecified atom stereocenters. The van der Waals surface area contributed by atoms with Crippen molar-refractivity contribution in [3.05, 3.63) is 65.2 Å². The number of carbonyl (C=O) groups excluding carboxylic acids is 2. The van der Waals surface area contributed by atoms with Crippen LogP contribution in [0.15, 0.2) is 48.5 Å². The molecule has 0 saturated heterocycles. The van der Waals surface area contributed by atoms with E-state index in [9.17, 15) is 20.0 Å². The molecule has 3 rings (SSSR count). The summed E-state index contributed by atoms with van der Waals surface area (Å²) < 4.78 is 11.7. The Balaban J connectivity index is 2.21. The highest BCUT2D eigenvalue weighted by molar-refractivity contribution is 5.85. The molecule has 0 bridgehead atoms. The third-order valence-electron chi connectivity index (χ3n) is 5.68. The van der Waals surface area contributed by atoms with Crippen LogP contribution in [0, 0.1) is 11.3 Å². The summed E-state index contributed by atoms with van der Waals surface area (Å²) in [6.07, 6.45) is -1.94. The van der Waals surface area contributed by atoms with Crippen molar-refractivity contribution in [3.8, 4) is 11.8 Å². The number of rotatable bonds is 5. The highest BCUT2D eigenvalue weighted by atomic mass is 16.6. The van der Waals surface area contributed by atoms with Gasteiger partial charge in [-0.1, -0.05) is 30.3 Å². The van der Waals surface area contributed by atoms with Gasteiger partial charge >= 0.3 is 6.09 Å². The number of nitrogens with two attached hydrogens (primary N) is 1. The van der Waals surface area contributed by atoms with Crippen molar-refractivity contribution in [2.24, 2.45) is 5.73 Å². The van der Waals surface area contributed by atoms with E-state index in [1.807, 2.05) is 30.3 Å². The van der Waals surface area contributed by atoms with E-state index < -0.39 is 41.4 Å². The molecule has 8 heteroatoms. The molecule has 0 fully saturated rings. The summed E-state index contributed by atoms with van der Waals surface area (Å²) in [5.41, 5.74) is 5.36. The number of aliphatic hydroxyl groups is 1. The minimum atomic E-state index is -1.25. The lowest BCUT2D eigenvalue weighted by Gasteiger charge is -2.47. The molecular weight excluding hydrogens is 434 g/mol. The van der Waals surface area contributed by atoms with Gasteiger partial charge in [0, 0.05) is 12.0 Å². The Labute approximate surface area is 199 Å². The minimum absolute atomic E-state index is 0.118. The predicted molar refractivity (Wildman–Crippen MR) is 126 cm³/mol. The molecule has 2 aromatic carbocycles. The minimum Gasteiger partial charge on any atom is -0.485 e. The Morgan fingerprint density at radius 1 is 1.24 bits per heavy atom. The molecule has 0 radical (unpaired) electrons. The number of nitriles is 1. The summed E-state index contributed by atoms with van der Waals surface area (Å²) in [5.74, 6) is -0.347. The second-order valence-electron chi connectivity index (χ2n) is 9.96. The number of aliphatic hydroxyl groups excluding tert-OH is 1. The Bertz CT molecular complexity index is 1100. The van der Waals surface area contributed by atoms with Gasteiger partial charge in [-0.3, -0.25) is 9.69 Å². The van der Waals surface area contributed by atoms with E-state index in [2.05, 4.69) is 6.07 Å². The van der Waals surface area contributed by atoms with Crippen LogP contribution in [0.25, 0.3) is 0 Å². The number of amides is 2. The lowest BCUT2D eigenvalue weighted by atomic mass is 9.84. The Morgan fingerprint density at radius 2 is 1.88 bits per heavy atom. The molecule has 180 valence electrons. The van der Waals surface area contributed by atoms with Crippen molar-refractivity contribution in [1.29, 1.82) is 5.26 Å². The fourth-order valence-corrected chi connectivity index (χ4v) is 4.06. The average Bonchev–Trinajstić information content (AvgIpc) is 2.74. The van der Waals surface area contributed by atoms with Gasteiger partial charge in [-0.05, 0) is 58.4 Å². The summed E-state index contributed by atoms with van der Waals surface area (Å²) in [5, 5.41) is 20.9. The van der Waals surface area contributed by atoms with Crippen LogP contribution in [0.5, 0.6) is 5.75 Å². The second kappa shape index (κ2) is 9.35. The molecule has 1 aliphatic rings. The van der Waals surface area contributed by atoms with E-state index >= 15 is 0 Å². The molecule has 0 saturated carbocycles. The van der Waals surface area contributed by atoms with Gasteiger partial charge in [0.25, 0.3) is 0 Å². The van der Waals surface area contributed by atoms with Crippen molar-refractivity contribution in [2.45, 2.75) is 70.4 Å². The third kappa shape index (κ3) is 5.32. The number of hydrogen-bond donors (Lipinski definition) is 2. The molecule has 2 aromatic rings. The lowest BCUT2D eigenvalue weighted by Crippen LogP contribution is -2.60. The van der Waals surface area contributed by atoms with Crippen LogP contribution in [0.4, 0.5) is 4.79 Å². The van der Waals surface area contributed by atoms with Crippen molar-refractivity contribution < 1.29 is 24.2 Å². The number of carbonyl (C=O) groups is 2. The fourth-order valence-electron chi connectivity index (χ4n) is 4.06. The zero-order valence-corrected chi connectivity index (χ0v) is 20.1. The lowest BCUT2D eigenvalue weighted by molar-refractivity contribution is -0.131. The van der Waals surface area contributed by atoms with Crippen LogP contribution in [-0.2, 0) is 16.0 Å². The van der Waals surface area contributed by atoms with Gasteiger partial charge in [0.05, 0.1) is 17.7 Å². The molecule has 1 aliphatic heterocycles. The summed E-state index contributed by atoms with van der Waals surface area (Å²) in [4.78, 5) is 27.6. The van der Waals surface area contributed by atoms with Crippen LogP contribution in [0.3, 0.4) is 0 Å². The smallest absolute Gasteiger partial charge is 0.411 e. The molecule has 0 spiro atoms. The quantitative estimate of drug-likeness (QED) is 0.696.